The maximum Gasteiger partial charge on any atom is 0.411 e. The minimum Gasteiger partial charge on any atom is -0.445 e. The molecule has 114 valence electrons. The van der Waals surface area contributed by atoms with Gasteiger partial charge in [0.1, 0.15) is 6.61 Å². The molecule has 1 amide bonds. The number of rotatable bonds is 4. The number of aliphatic hydroxyl groups excluding tert-OH is 2. The van der Waals surface area contributed by atoms with Crippen molar-refractivity contribution in [3.05, 3.63) is 48.6 Å². The van der Waals surface area contributed by atoms with Crippen molar-refractivity contribution in [1.29, 1.82) is 0 Å². The lowest BCUT2D eigenvalue weighted by Crippen LogP contribution is -2.57. The lowest BCUT2D eigenvalue weighted by atomic mass is 9.94. The third kappa shape index (κ3) is 3.62. The molecule has 0 spiro atoms. The van der Waals surface area contributed by atoms with Gasteiger partial charge in [-0.15, -0.1) is 6.58 Å². The number of hydrogen-bond donors (Lipinski definition) is 2. The summed E-state index contributed by atoms with van der Waals surface area (Å²) in [5, 5.41) is 19.4. The summed E-state index contributed by atoms with van der Waals surface area (Å²) >= 11 is 0. The van der Waals surface area contributed by atoms with Gasteiger partial charge in [0, 0.05) is 0 Å². The smallest absolute Gasteiger partial charge is 0.411 e. The molecule has 1 aromatic carbocycles. The highest BCUT2D eigenvalue weighted by Gasteiger charge is 2.38. The van der Waals surface area contributed by atoms with Crippen molar-refractivity contribution in [2.45, 2.75) is 37.6 Å². The minimum atomic E-state index is -0.740. The molecule has 2 N–H and O–H groups in total. The van der Waals surface area contributed by atoms with Crippen molar-refractivity contribution < 1.29 is 19.7 Å². The molecule has 1 aliphatic heterocycles. The molecule has 0 unspecified atom stereocenters. The maximum absolute atomic E-state index is 12.3. The first-order chi connectivity index (χ1) is 10.2. The summed E-state index contributed by atoms with van der Waals surface area (Å²) in [7, 11) is 0. The standard InChI is InChI=1S/C16H21NO4/c1-2-13-8-9-15(19)14(10-18)17(13)16(20)21-11-12-6-4-3-5-7-12/h2-7,13-15,18-19H,1,8-11H2/t13-,14-,15+/m1/s1. The van der Waals surface area contributed by atoms with Gasteiger partial charge in [0.05, 0.1) is 24.8 Å². The molecule has 21 heavy (non-hydrogen) atoms. The molecule has 0 bridgehead atoms. The van der Waals surface area contributed by atoms with Crippen LogP contribution in [-0.4, -0.2) is 46.0 Å². The van der Waals surface area contributed by atoms with E-state index in [2.05, 4.69) is 6.58 Å². The van der Waals surface area contributed by atoms with Crippen LogP contribution in [0.4, 0.5) is 4.79 Å². The monoisotopic (exact) mass is 291 g/mol. The van der Waals surface area contributed by atoms with Crippen LogP contribution in [0.15, 0.2) is 43.0 Å². The summed E-state index contributed by atoms with van der Waals surface area (Å²) in [6.07, 6.45) is 1.52. The summed E-state index contributed by atoms with van der Waals surface area (Å²) in [6, 6.07) is 8.49. The number of nitrogens with zero attached hydrogens (tertiary/aromatic N) is 1. The topological polar surface area (TPSA) is 70.0 Å². The molecule has 1 aliphatic rings. The van der Waals surface area contributed by atoms with Crippen molar-refractivity contribution in [2.75, 3.05) is 6.61 Å². The number of ether oxygens (including phenoxy) is 1. The van der Waals surface area contributed by atoms with Crippen LogP contribution in [0.25, 0.3) is 0 Å². The van der Waals surface area contributed by atoms with E-state index >= 15 is 0 Å². The van der Waals surface area contributed by atoms with Gasteiger partial charge in [-0.1, -0.05) is 36.4 Å². The Hall–Kier alpha value is -1.85. The van der Waals surface area contributed by atoms with Gasteiger partial charge in [0.25, 0.3) is 0 Å². The molecule has 5 heteroatoms. The average Bonchev–Trinajstić information content (AvgIpc) is 2.53. The van der Waals surface area contributed by atoms with Gasteiger partial charge in [-0.25, -0.2) is 4.79 Å². The van der Waals surface area contributed by atoms with Crippen LogP contribution >= 0.6 is 0 Å². The Labute approximate surface area is 124 Å². The third-order valence-corrected chi connectivity index (χ3v) is 3.79. The molecule has 1 fully saturated rings. The second kappa shape index (κ2) is 7.24. The Bertz CT molecular complexity index is 476. The normalized spacial score (nSPS) is 25.4. The summed E-state index contributed by atoms with van der Waals surface area (Å²) in [6.45, 7) is 3.58. The molecule has 0 radical (unpaired) electrons. The van der Waals surface area contributed by atoms with E-state index in [1.54, 1.807) is 6.08 Å². The van der Waals surface area contributed by atoms with E-state index in [-0.39, 0.29) is 19.3 Å². The summed E-state index contributed by atoms with van der Waals surface area (Å²) in [5.41, 5.74) is 0.888. The first-order valence-corrected chi connectivity index (χ1v) is 7.08. The fraction of sp³-hybridized carbons (Fsp3) is 0.438. The lowest BCUT2D eigenvalue weighted by Gasteiger charge is -2.41. The highest BCUT2D eigenvalue weighted by Crippen LogP contribution is 2.25. The van der Waals surface area contributed by atoms with Gasteiger partial charge < -0.3 is 14.9 Å². The fourth-order valence-corrected chi connectivity index (χ4v) is 2.61. The quantitative estimate of drug-likeness (QED) is 0.828. The van der Waals surface area contributed by atoms with Crippen molar-refractivity contribution in [3.63, 3.8) is 0 Å². The zero-order valence-electron chi connectivity index (χ0n) is 11.9. The Balaban J connectivity index is 2.04. The predicted molar refractivity (Wildman–Crippen MR) is 78.6 cm³/mol. The van der Waals surface area contributed by atoms with Crippen molar-refractivity contribution >= 4 is 6.09 Å². The van der Waals surface area contributed by atoms with Crippen molar-refractivity contribution in [1.82, 2.24) is 4.90 Å². The third-order valence-electron chi connectivity index (χ3n) is 3.79. The van der Waals surface area contributed by atoms with Gasteiger partial charge >= 0.3 is 6.09 Å². The van der Waals surface area contributed by atoms with E-state index in [9.17, 15) is 15.0 Å². The molecule has 0 aliphatic carbocycles. The fourth-order valence-electron chi connectivity index (χ4n) is 2.61. The first kappa shape index (κ1) is 15.5. The summed E-state index contributed by atoms with van der Waals surface area (Å²) < 4.78 is 5.30. The van der Waals surface area contributed by atoms with Gasteiger partial charge in [0.15, 0.2) is 0 Å². The Kier molecular flexibility index (Phi) is 5.36. The van der Waals surface area contributed by atoms with E-state index in [4.69, 9.17) is 4.74 Å². The van der Waals surface area contributed by atoms with Crippen LogP contribution in [0.3, 0.4) is 0 Å². The SMILES string of the molecule is C=C[C@@H]1CC[C@H](O)[C@@H](CO)N1C(=O)OCc1ccccc1. The number of aliphatic hydroxyl groups is 2. The zero-order valence-corrected chi connectivity index (χ0v) is 11.9. The number of piperidine rings is 1. The molecule has 1 aromatic rings. The molecule has 3 atom stereocenters. The number of hydrogen-bond acceptors (Lipinski definition) is 4. The highest BCUT2D eigenvalue weighted by atomic mass is 16.6. The van der Waals surface area contributed by atoms with Crippen LogP contribution < -0.4 is 0 Å². The Morgan fingerprint density at radius 3 is 2.71 bits per heavy atom. The number of likely N-dealkylation sites (tertiary alicyclic amines) is 1. The minimum absolute atomic E-state index is 0.161. The zero-order chi connectivity index (χ0) is 15.2. The number of amides is 1. The van der Waals surface area contributed by atoms with Crippen LogP contribution in [0.2, 0.25) is 0 Å². The highest BCUT2D eigenvalue weighted by molar-refractivity contribution is 5.69. The molecule has 1 heterocycles. The van der Waals surface area contributed by atoms with Gasteiger partial charge in [-0.3, -0.25) is 4.90 Å². The first-order valence-electron chi connectivity index (χ1n) is 7.08. The van der Waals surface area contributed by atoms with E-state index in [0.29, 0.717) is 12.8 Å². The molecule has 0 saturated carbocycles. The van der Waals surface area contributed by atoms with E-state index < -0.39 is 18.2 Å². The van der Waals surface area contributed by atoms with E-state index in [1.165, 1.54) is 4.90 Å². The molecular formula is C16H21NO4. The Morgan fingerprint density at radius 1 is 1.38 bits per heavy atom. The van der Waals surface area contributed by atoms with E-state index in [0.717, 1.165) is 5.56 Å². The molecule has 2 rings (SSSR count). The van der Waals surface area contributed by atoms with Crippen LogP contribution in [0, 0.1) is 0 Å². The lowest BCUT2D eigenvalue weighted by molar-refractivity contribution is -0.0320. The number of carbonyl (C=O) groups is 1. The van der Waals surface area contributed by atoms with E-state index in [1.807, 2.05) is 30.3 Å². The van der Waals surface area contributed by atoms with Gasteiger partial charge in [-0.05, 0) is 18.4 Å². The molecule has 5 nitrogen and oxygen atoms in total. The predicted octanol–water partition coefficient (Wildman–Crippen LogP) is 1.70. The average molecular weight is 291 g/mol. The largest absolute Gasteiger partial charge is 0.445 e. The second-order valence-corrected chi connectivity index (χ2v) is 5.15. The van der Waals surface area contributed by atoms with Crippen molar-refractivity contribution in [3.8, 4) is 0 Å². The van der Waals surface area contributed by atoms with Crippen LogP contribution in [-0.2, 0) is 11.3 Å². The number of benzene rings is 1. The number of carbonyl (C=O) groups excluding carboxylic acids is 1. The molecular weight excluding hydrogens is 270 g/mol. The maximum atomic E-state index is 12.3. The Morgan fingerprint density at radius 2 is 2.10 bits per heavy atom. The summed E-state index contributed by atoms with van der Waals surface area (Å²) in [5.74, 6) is 0. The second-order valence-electron chi connectivity index (χ2n) is 5.15. The summed E-state index contributed by atoms with van der Waals surface area (Å²) in [4.78, 5) is 13.7. The van der Waals surface area contributed by atoms with Gasteiger partial charge in [0.2, 0.25) is 0 Å². The van der Waals surface area contributed by atoms with Crippen LogP contribution in [0.1, 0.15) is 18.4 Å². The van der Waals surface area contributed by atoms with Crippen molar-refractivity contribution in [2.24, 2.45) is 0 Å². The van der Waals surface area contributed by atoms with Gasteiger partial charge in [-0.2, -0.15) is 0 Å². The molecule has 1 saturated heterocycles. The van der Waals surface area contributed by atoms with Crippen LogP contribution in [0.5, 0.6) is 0 Å². The molecule has 0 aromatic heterocycles.